The van der Waals surface area contributed by atoms with Crippen LogP contribution in [0.1, 0.15) is 29.8 Å². The first-order valence-corrected chi connectivity index (χ1v) is 5.04. The summed E-state index contributed by atoms with van der Waals surface area (Å²) in [5.41, 5.74) is 9.55. The molecular weight excluding hydrogens is 162 g/mol. The molecule has 1 unspecified atom stereocenters. The lowest BCUT2D eigenvalue weighted by Gasteiger charge is -2.20. The number of hydrogen-bond donors (Lipinski definition) is 2. The van der Waals surface area contributed by atoms with Crippen molar-refractivity contribution in [3.05, 3.63) is 17.0 Å². The number of hydrogen-bond acceptors (Lipinski definition) is 2. The second-order valence-corrected chi connectivity index (χ2v) is 3.96. The van der Waals surface area contributed by atoms with Crippen LogP contribution in [0.25, 0.3) is 0 Å². The van der Waals surface area contributed by atoms with Crippen LogP contribution >= 0.6 is 0 Å². The van der Waals surface area contributed by atoms with Crippen molar-refractivity contribution in [2.45, 2.75) is 32.6 Å². The number of fused-ring (bicyclic) bond motifs is 1. The van der Waals surface area contributed by atoms with Gasteiger partial charge in [0.25, 0.3) is 0 Å². The molecule has 1 aromatic heterocycles. The zero-order chi connectivity index (χ0) is 9.26. The number of aryl methyl sites for hydroxylation is 2. The molecule has 1 aromatic rings. The summed E-state index contributed by atoms with van der Waals surface area (Å²) >= 11 is 0. The maximum Gasteiger partial charge on any atom is 0.0657 e. The molecule has 0 amide bonds. The molecule has 0 aromatic carbocycles. The Hall–Kier alpha value is -0.830. The highest BCUT2D eigenvalue weighted by Crippen LogP contribution is 2.27. The number of aromatic amines is 1. The molecule has 0 saturated heterocycles. The fraction of sp³-hybridized carbons (Fsp3) is 0.700. The van der Waals surface area contributed by atoms with E-state index >= 15 is 0 Å². The highest BCUT2D eigenvalue weighted by molar-refractivity contribution is 5.27. The molecule has 3 N–H and O–H groups in total. The largest absolute Gasteiger partial charge is 0.330 e. The molecule has 0 saturated carbocycles. The molecule has 0 spiro atoms. The van der Waals surface area contributed by atoms with Gasteiger partial charge in [-0.15, -0.1) is 0 Å². The lowest BCUT2D eigenvalue weighted by atomic mass is 9.85. The fourth-order valence-corrected chi connectivity index (χ4v) is 2.19. The Kier molecular flexibility index (Phi) is 2.36. The van der Waals surface area contributed by atoms with Gasteiger partial charge in [-0.2, -0.15) is 5.10 Å². The number of rotatable bonds is 2. The Bertz CT molecular complexity index is 290. The minimum Gasteiger partial charge on any atom is -0.330 e. The number of nitrogens with zero attached hydrogens (tertiary/aromatic N) is 1. The molecular formula is C10H17N3. The van der Waals surface area contributed by atoms with Crippen LogP contribution in [-0.2, 0) is 12.8 Å². The van der Waals surface area contributed by atoms with E-state index in [0.29, 0.717) is 0 Å². The first kappa shape index (κ1) is 8.75. The Labute approximate surface area is 78.7 Å². The van der Waals surface area contributed by atoms with Gasteiger partial charge in [-0.25, -0.2) is 0 Å². The standard InChI is InChI=1S/C10H17N3/c1-7-9-6-8(4-5-11)2-3-10(9)13-12-7/h8H,2-6,11H2,1H3,(H,12,13). The van der Waals surface area contributed by atoms with Crippen LogP contribution in [0, 0.1) is 12.8 Å². The Morgan fingerprint density at radius 3 is 3.23 bits per heavy atom. The van der Waals surface area contributed by atoms with Gasteiger partial charge in [0.05, 0.1) is 5.69 Å². The Balaban J connectivity index is 2.13. The predicted octanol–water partition coefficient (Wildman–Crippen LogP) is 1.17. The number of nitrogens with two attached hydrogens (primary N) is 1. The lowest BCUT2D eigenvalue weighted by molar-refractivity contribution is 0.430. The van der Waals surface area contributed by atoms with E-state index in [-0.39, 0.29) is 0 Å². The summed E-state index contributed by atoms with van der Waals surface area (Å²) in [5.74, 6) is 0.786. The molecule has 13 heavy (non-hydrogen) atoms. The van der Waals surface area contributed by atoms with Crippen molar-refractivity contribution in [3.8, 4) is 0 Å². The van der Waals surface area contributed by atoms with Crippen LogP contribution in [0.15, 0.2) is 0 Å². The van der Waals surface area contributed by atoms with Gasteiger partial charge >= 0.3 is 0 Å². The van der Waals surface area contributed by atoms with E-state index in [1.165, 1.54) is 29.8 Å². The van der Waals surface area contributed by atoms with Gasteiger partial charge in [0.1, 0.15) is 0 Å². The molecule has 2 rings (SSSR count). The monoisotopic (exact) mass is 179 g/mol. The molecule has 72 valence electrons. The van der Waals surface area contributed by atoms with Gasteiger partial charge < -0.3 is 5.73 Å². The SMILES string of the molecule is Cc1[nH]nc2c1CC(CCN)CC2. The van der Waals surface area contributed by atoms with E-state index in [0.717, 1.165) is 25.3 Å². The summed E-state index contributed by atoms with van der Waals surface area (Å²) < 4.78 is 0. The topological polar surface area (TPSA) is 54.7 Å². The first-order valence-electron chi connectivity index (χ1n) is 5.04. The molecule has 0 aliphatic heterocycles. The summed E-state index contributed by atoms with van der Waals surface area (Å²) in [7, 11) is 0. The fourth-order valence-electron chi connectivity index (χ4n) is 2.19. The van der Waals surface area contributed by atoms with E-state index in [1.54, 1.807) is 0 Å². The van der Waals surface area contributed by atoms with E-state index < -0.39 is 0 Å². The van der Waals surface area contributed by atoms with Gasteiger partial charge in [0.2, 0.25) is 0 Å². The van der Waals surface area contributed by atoms with Crippen molar-refractivity contribution >= 4 is 0 Å². The number of H-pyrrole nitrogens is 1. The summed E-state index contributed by atoms with van der Waals surface area (Å²) in [6.45, 7) is 2.92. The summed E-state index contributed by atoms with van der Waals surface area (Å²) in [6.07, 6.45) is 4.72. The molecule has 3 heteroatoms. The molecule has 1 aliphatic rings. The average Bonchev–Trinajstić information content (AvgIpc) is 2.49. The number of aromatic nitrogens is 2. The molecule has 1 aliphatic carbocycles. The van der Waals surface area contributed by atoms with Crippen molar-refractivity contribution < 1.29 is 0 Å². The molecule has 0 radical (unpaired) electrons. The van der Waals surface area contributed by atoms with Gasteiger partial charge in [-0.3, -0.25) is 5.10 Å². The van der Waals surface area contributed by atoms with Gasteiger partial charge in [0.15, 0.2) is 0 Å². The smallest absolute Gasteiger partial charge is 0.0657 e. The van der Waals surface area contributed by atoms with Crippen LogP contribution in [0.4, 0.5) is 0 Å². The maximum absolute atomic E-state index is 5.57. The first-order chi connectivity index (χ1) is 6.31. The minimum absolute atomic E-state index is 0.786. The van der Waals surface area contributed by atoms with Crippen molar-refractivity contribution in [1.82, 2.24) is 10.2 Å². The molecule has 0 fully saturated rings. The van der Waals surface area contributed by atoms with Crippen LogP contribution in [0.5, 0.6) is 0 Å². The summed E-state index contributed by atoms with van der Waals surface area (Å²) in [6, 6.07) is 0. The molecule has 1 atom stereocenters. The van der Waals surface area contributed by atoms with Crippen molar-refractivity contribution in [2.24, 2.45) is 11.7 Å². The van der Waals surface area contributed by atoms with Gasteiger partial charge in [-0.05, 0) is 50.6 Å². The highest BCUT2D eigenvalue weighted by Gasteiger charge is 2.21. The lowest BCUT2D eigenvalue weighted by Crippen LogP contribution is -2.17. The predicted molar refractivity (Wildman–Crippen MR) is 52.5 cm³/mol. The highest BCUT2D eigenvalue weighted by atomic mass is 15.1. The molecule has 3 nitrogen and oxygen atoms in total. The second-order valence-electron chi connectivity index (χ2n) is 3.96. The van der Waals surface area contributed by atoms with E-state index in [9.17, 15) is 0 Å². The Morgan fingerprint density at radius 1 is 1.62 bits per heavy atom. The van der Waals surface area contributed by atoms with Gasteiger partial charge in [-0.1, -0.05) is 0 Å². The van der Waals surface area contributed by atoms with Crippen LogP contribution < -0.4 is 5.73 Å². The normalized spacial score (nSPS) is 21.5. The third-order valence-corrected chi connectivity index (χ3v) is 3.02. The van der Waals surface area contributed by atoms with E-state index in [2.05, 4.69) is 17.1 Å². The number of nitrogens with one attached hydrogen (secondary N) is 1. The zero-order valence-corrected chi connectivity index (χ0v) is 8.14. The van der Waals surface area contributed by atoms with Crippen LogP contribution in [-0.4, -0.2) is 16.7 Å². The Morgan fingerprint density at radius 2 is 2.46 bits per heavy atom. The van der Waals surface area contributed by atoms with Crippen LogP contribution in [0.2, 0.25) is 0 Å². The maximum atomic E-state index is 5.57. The van der Waals surface area contributed by atoms with Crippen molar-refractivity contribution in [1.29, 1.82) is 0 Å². The summed E-state index contributed by atoms with van der Waals surface area (Å²) in [4.78, 5) is 0. The van der Waals surface area contributed by atoms with Crippen molar-refractivity contribution in [3.63, 3.8) is 0 Å². The third-order valence-electron chi connectivity index (χ3n) is 3.02. The second kappa shape index (κ2) is 3.50. The molecule has 0 bridgehead atoms. The zero-order valence-electron chi connectivity index (χ0n) is 8.14. The van der Waals surface area contributed by atoms with E-state index in [4.69, 9.17) is 5.73 Å². The van der Waals surface area contributed by atoms with Crippen molar-refractivity contribution in [2.75, 3.05) is 6.54 Å². The third kappa shape index (κ3) is 1.61. The average molecular weight is 179 g/mol. The molecule has 1 heterocycles. The minimum atomic E-state index is 0.786. The van der Waals surface area contributed by atoms with Gasteiger partial charge in [0, 0.05) is 5.69 Å². The quantitative estimate of drug-likeness (QED) is 0.716. The van der Waals surface area contributed by atoms with E-state index in [1.807, 2.05) is 0 Å². The summed E-state index contributed by atoms with van der Waals surface area (Å²) in [5, 5.41) is 7.36. The van der Waals surface area contributed by atoms with Crippen LogP contribution in [0.3, 0.4) is 0 Å².